The van der Waals surface area contributed by atoms with Crippen LogP contribution < -0.4 is 5.32 Å². The highest BCUT2D eigenvalue weighted by Crippen LogP contribution is 2.33. The Kier molecular flexibility index (Phi) is 7.04. The maximum atomic E-state index is 12.9. The SMILES string of the molecule is C=C[C@@H](c1ccccc1)[C@@](CSC)(NC(=O)c1ccccc1)C(=O)OC. The lowest BCUT2D eigenvalue weighted by molar-refractivity contribution is -0.147. The minimum atomic E-state index is -1.26. The molecule has 136 valence electrons. The highest BCUT2D eigenvalue weighted by Gasteiger charge is 2.47. The number of hydrogen-bond acceptors (Lipinski definition) is 4. The molecule has 0 aliphatic carbocycles. The van der Waals surface area contributed by atoms with Crippen LogP contribution in [-0.4, -0.2) is 36.5 Å². The minimum Gasteiger partial charge on any atom is -0.467 e. The third-order valence-corrected chi connectivity index (χ3v) is 4.96. The number of carbonyl (C=O) groups is 2. The summed E-state index contributed by atoms with van der Waals surface area (Å²) in [6.07, 6.45) is 3.57. The Labute approximate surface area is 158 Å². The van der Waals surface area contributed by atoms with Crippen LogP contribution in [0.4, 0.5) is 0 Å². The summed E-state index contributed by atoms with van der Waals surface area (Å²) in [6.45, 7) is 3.91. The van der Waals surface area contributed by atoms with Gasteiger partial charge in [-0.1, -0.05) is 54.6 Å². The molecule has 0 aliphatic rings. The Morgan fingerprint density at radius 1 is 1.15 bits per heavy atom. The van der Waals surface area contributed by atoms with E-state index in [4.69, 9.17) is 4.74 Å². The van der Waals surface area contributed by atoms with Crippen molar-refractivity contribution in [3.63, 3.8) is 0 Å². The van der Waals surface area contributed by atoms with Crippen LogP contribution in [0, 0.1) is 0 Å². The first-order valence-corrected chi connectivity index (χ1v) is 9.61. The van der Waals surface area contributed by atoms with Gasteiger partial charge in [-0.3, -0.25) is 4.79 Å². The van der Waals surface area contributed by atoms with E-state index < -0.39 is 17.4 Å². The lowest BCUT2D eigenvalue weighted by Gasteiger charge is -2.37. The third kappa shape index (κ3) is 4.17. The Hall–Kier alpha value is -2.53. The highest BCUT2D eigenvalue weighted by atomic mass is 32.2. The first-order valence-electron chi connectivity index (χ1n) is 8.21. The molecule has 0 heterocycles. The normalized spacial score (nSPS) is 13.9. The molecule has 2 rings (SSSR count). The van der Waals surface area contributed by atoms with Crippen LogP contribution in [0.2, 0.25) is 0 Å². The average Bonchev–Trinajstić information content (AvgIpc) is 2.69. The monoisotopic (exact) mass is 369 g/mol. The Balaban J connectivity index is 2.51. The second-order valence-electron chi connectivity index (χ2n) is 5.84. The van der Waals surface area contributed by atoms with Crippen LogP contribution >= 0.6 is 11.8 Å². The first kappa shape index (κ1) is 19.8. The van der Waals surface area contributed by atoms with Crippen LogP contribution in [0.25, 0.3) is 0 Å². The third-order valence-electron chi connectivity index (χ3n) is 4.22. The Bertz CT molecular complexity index is 748. The molecule has 0 aliphatic heterocycles. The zero-order chi connectivity index (χ0) is 19.0. The van der Waals surface area contributed by atoms with E-state index >= 15 is 0 Å². The number of rotatable bonds is 8. The van der Waals surface area contributed by atoms with E-state index in [2.05, 4.69) is 11.9 Å². The van der Waals surface area contributed by atoms with Crippen LogP contribution in [0.5, 0.6) is 0 Å². The molecule has 0 radical (unpaired) electrons. The summed E-state index contributed by atoms with van der Waals surface area (Å²) in [5, 5.41) is 2.94. The van der Waals surface area contributed by atoms with Crippen molar-refractivity contribution in [2.45, 2.75) is 11.5 Å². The molecule has 5 heteroatoms. The van der Waals surface area contributed by atoms with E-state index in [1.54, 1.807) is 30.3 Å². The van der Waals surface area contributed by atoms with E-state index in [1.807, 2.05) is 42.7 Å². The summed E-state index contributed by atoms with van der Waals surface area (Å²) in [4.78, 5) is 25.7. The van der Waals surface area contributed by atoms with Gasteiger partial charge < -0.3 is 10.1 Å². The zero-order valence-corrected chi connectivity index (χ0v) is 15.8. The van der Waals surface area contributed by atoms with Gasteiger partial charge in [-0.15, -0.1) is 6.58 Å². The van der Waals surface area contributed by atoms with Crippen molar-refractivity contribution in [1.82, 2.24) is 5.32 Å². The fourth-order valence-corrected chi connectivity index (χ4v) is 3.82. The molecule has 2 aromatic carbocycles. The van der Waals surface area contributed by atoms with Crippen molar-refractivity contribution in [3.05, 3.63) is 84.4 Å². The number of ether oxygens (including phenoxy) is 1. The van der Waals surface area contributed by atoms with E-state index in [0.29, 0.717) is 11.3 Å². The highest BCUT2D eigenvalue weighted by molar-refractivity contribution is 7.98. The molecule has 0 fully saturated rings. The topological polar surface area (TPSA) is 55.4 Å². The summed E-state index contributed by atoms with van der Waals surface area (Å²) in [6, 6.07) is 18.3. The summed E-state index contributed by atoms with van der Waals surface area (Å²) in [5.41, 5.74) is 0.109. The number of thioether (sulfide) groups is 1. The van der Waals surface area contributed by atoms with Crippen molar-refractivity contribution >= 4 is 23.6 Å². The summed E-state index contributed by atoms with van der Waals surface area (Å²) in [5.74, 6) is -0.905. The van der Waals surface area contributed by atoms with Crippen molar-refractivity contribution in [1.29, 1.82) is 0 Å². The molecule has 2 atom stereocenters. The molecular weight excluding hydrogens is 346 g/mol. The smallest absolute Gasteiger partial charge is 0.333 e. The van der Waals surface area contributed by atoms with Crippen LogP contribution in [0.3, 0.4) is 0 Å². The molecule has 1 amide bonds. The number of nitrogens with one attached hydrogen (secondary N) is 1. The van der Waals surface area contributed by atoms with Gasteiger partial charge in [0.15, 0.2) is 5.54 Å². The van der Waals surface area contributed by atoms with Gasteiger partial charge in [-0.2, -0.15) is 11.8 Å². The van der Waals surface area contributed by atoms with Gasteiger partial charge in [0.1, 0.15) is 0 Å². The molecule has 0 aromatic heterocycles. The Morgan fingerprint density at radius 3 is 2.23 bits per heavy atom. The fraction of sp³-hybridized carbons (Fsp3) is 0.238. The lowest BCUT2D eigenvalue weighted by atomic mass is 9.80. The lowest BCUT2D eigenvalue weighted by Crippen LogP contribution is -2.60. The standard InChI is InChI=1S/C21H23NO3S/c1-4-18(16-11-7-5-8-12-16)21(15-26-3,20(24)25-2)22-19(23)17-13-9-6-10-14-17/h4-14,18H,1,15H2,2-3H3,(H,22,23)/t18-,21+/m0/s1. The molecular formula is C21H23NO3S. The number of esters is 1. The summed E-state index contributed by atoms with van der Waals surface area (Å²) < 4.78 is 5.09. The van der Waals surface area contributed by atoms with Gasteiger partial charge in [0.2, 0.25) is 0 Å². The molecule has 0 saturated carbocycles. The van der Waals surface area contributed by atoms with Crippen LogP contribution in [0.15, 0.2) is 73.3 Å². The van der Waals surface area contributed by atoms with Gasteiger partial charge in [0.25, 0.3) is 5.91 Å². The molecule has 4 nitrogen and oxygen atoms in total. The quantitative estimate of drug-likeness (QED) is 0.570. The molecule has 1 N–H and O–H groups in total. The van der Waals surface area contributed by atoms with E-state index in [0.717, 1.165) is 5.56 Å². The van der Waals surface area contributed by atoms with Gasteiger partial charge >= 0.3 is 5.97 Å². The second kappa shape index (κ2) is 9.25. The zero-order valence-electron chi connectivity index (χ0n) is 15.0. The number of amides is 1. The minimum absolute atomic E-state index is 0.326. The molecule has 0 saturated heterocycles. The number of carbonyl (C=O) groups excluding carboxylic acids is 2. The van der Waals surface area contributed by atoms with Crippen molar-refractivity contribution in [2.24, 2.45) is 0 Å². The van der Waals surface area contributed by atoms with Crippen molar-refractivity contribution in [3.8, 4) is 0 Å². The first-order chi connectivity index (χ1) is 12.6. The molecule has 0 bridgehead atoms. The number of benzene rings is 2. The number of methoxy groups -OCH3 is 1. The number of hydrogen-bond donors (Lipinski definition) is 1. The Morgan fingerprint density at radius 2 is 1.73 bits per heavy atom. The molecule has 0 spiro atoms. The largest absolute Gasteiger partial charge is 0.467 e. The molecule has 26 heavy (non-hydrogen) atoms. The molecule has 2 aromatic rings. The van der Waals surface area contributed by atoms with Gasteiger partial charge in [-0.25, -0.2) is 4.79 Å². The van der Waals surface area contributed by atoms with E-state index in [-0.39, 0.29) is 5.91 Å². The summed E-state index contributed by atoms with van der Waals surface area (Å²) in [7, 11) is 1.33. The van der Waals surface area contributed by atoms with Gasteiger partial charge in [-0.05, 0) is 24.0 Å². The van der Waals surface area contributed by atoms with E-state index in [9.17, 15) is 9.59 Å². The van der Waals surface area contributed by atoms with Gasteiger partial charge in [0, 0.05) is 17.2 Å². The molecule has 0 unspecified atom stereocenters. The average molecular weight is 369 g/mol. The predicted molar refractivity (Wildman–Crippen MR) is 106 cm³/mol. The van der Waals surface area contributed by atoms with Crippen LogP contribution in [0.1, 0.15) is 21.8 Å². The van der Waals surface area contributed by atoms with Gasteiger partial charge in [0.05, 0.1) is 7.11 Å². The maximum absolute atomic E-state index is 12.9. The van der Waals surface area contributed by atoms with Crippen molar-refractivity contribution in [2.75, 3.05) is 19.1 Å². The van der Waals surface area contributed by atoms with Crippen molar-refractivity contribution < 1.29 is 14.3 Å². The second-order valence-corrected chi connectivity index (χ2v) is 6.71. The maximum Gasteiger partial charge on any atom is 0.333 e. The van der Waals surface area contributed by atoms with Crippen LogP contribution in [-0.2, 0) is 9.53 Å². The predicted octanol–water partition coefficient (Wildman–Crippen LogP) is 3.66. The fourth-order valence-electron chi connectivity index (χ4n) is 3.00. The van der Waals surface area contributed by atoms with E-state index in [1.165, 1.54) is 18.9 Å². The summed E-state index contributed by atoms with van der Waals surface area (Å²) >= 11 is 1.46.